The zero-order valence-electron chi connectivity index (χ0n) is 79.5. The van der Waals surface area contributed by atoms with Gasteiger partial charge >= 0.3 is 17.9 Å². The summed E-state index contributed by atoms with van der Waals surface area (Å²) in [7, 11) is 0. The second-order valence-electron chi connectivity index (χ2n) is 42.6. The second kappa shape index (κ2) is 43.3. The van der Waals surface area contributed by atoms with Crippen LogP contribution in [-0.2, 0) is 99.6 Å². The van der Waals surface area contributed by atoms with E-state index in [0.717, 1.165) is 5.57 Å². The molecule has 47 unspecified atom stereocenters. The fourth-order valence-corrected chi connectivity index (χ4v) is 23.4. The number of hydrogen-bond donors (Lipinski definition) is 22. The van der Waals surface area contributed by atoms with Crippen LogP contribution in [0.15, 0.2) is 60.3 Å². The molecule has 13 rings (SSSR count). The third kappa shape index (κ3) is 22.1. The molecule has 47 atom stereocenters. The molecule has 12 fully saturated rings. The van der Waals surface area contributed by atoms with Gasteiger partial charge in [-0.1, -0.05) is 84.4 Å². The first kappa shape index (κ1) is 110. The van der Waals surface area contributed by atoms with Gasteiger partial charge in [-0.25, -0.2) is 9.59 Å². The van der Waals surface area contributed by atoms with Gasteiger partial charge in [0.15, 0.2) is 62.3 Å². The van der Waals surface area contributed by atoms with Crippen molar-refractivity contribution < 1.29 is 212 Å². The van der Waals surface area contributed by atoms with Crippen molar-refractivity contribution in [1.29, 1.82) is 0 Å². The fourth-order valence-electron chi connectivity index (χ4n) is 23.4. The minimum Gasteiger partial charge on any atom is -0.452 e. The van der Waals surface area contributed by atoms with Gasteiger partial charge in [0.05, 0.1) is 87.4 Å². The Hall–Kier alpha value is -4.37. The van der Waals surface area contributed by atoms with E-state index >= 15 is 4.79 Å². The van der Waals surface area contributed by atoms with Crippen molar-refractivity contribution in [3.63, 3.8) is 0 Å². The summed E-state index contributed by atoms with van der Waals surface area (Å²) >= 11 is 0. The molecule has 0 spiro atoms. The molecule has 782 valence electrons. The molecule has 22 N–H and O–H groups in total. The summed E-state index contributed by atoms with van der Waals surface area (Å²) in [6.45, 7) is 24.9. The topological polar surface area (TPSA) is 662 Å². The number of esters is 3. The van der Waals surface area contributed by atoms with E-state index in [0.29, 0.717) is 44.9 Å². The first-order valence-electron chi connectivity index (χ1n) is 47.7. The van der Waals surface area contributed by atoms with Gasteiger partial charge in [0.1, 0.15) is 146 Å². The van der Waals surface area contributed by atoms with Gasteiger partial charge in [0.25, 0.3) is 0 Å². The van der Waals surface area contributed by atoms with Crippen LogP contribution in [0, 0.1) is 50.2 Å². The second-order valence-corrected chi connectivity index (χ2v) is 42.6. The van der Waals surface area contributed by atoms with Gasteiger partial charge in [0.2, 0.25) is 6.29 Å². The monoisotopic (exact) mass is 1960 g/mol. The van der Waals surface area contributed by atoms with Crippen LogP contribution in [0.25, 0.3) is 0 Å². The molecular formula is C94H148O43. The summed E-state index contributed by atoms with van der Waals surface area (Å²) < 4.78 is 109. The number of hydrogen-bond acceptors (Lipinski definition) is 43. The summed E-state index contributed by atoms with van der Waals surface area (Å²) in [5.74, 6) is -4.27. The summed E-state index contributed by atoms with van der Waals surface area (Å²) in [5.41, 5.74) is -7.14. The van der Waals surface area contributed by atoms with Crippen LogP contribution in [-0.4, -0.2) is 421 Å². The molecule has 13 aliphatic rings. The van der Waals surface area contributed by atoms with Crippen molar-refractivity contribution in [2.75, 3.05) is 46.2 Å². The molecule has 43 heteroatoms. The van der Waals surface area contributed by atoms with Gasteiger partial charge in [-0.15, -0.1) is 13.2 Å². The van der Waals surface area contributed by atoms with E-state index in [1.54, 1.807) is 0 Å². The molecule has 8 heterocycles. The number of aliphatic hydroxyl groups is 22. The average Bonchev–Trinajstić information content (AvgIpc) is 0.668. The molecule has 4 saturated carbocycles. The van der Waals surface area contributed by atoms with Crippen LogP contribution < -0.4 is 0 Å². The van der Waals surface area contributed by atoms with Gasteiger partial charge in [-0.2, -0.15) is 0 Å². The van der Waals surface area contributed by atoms with Crippen LogP contribution in [0.5, 0.6) is 0 Å². The zero-order valence-corrected chi connectivity index (χ0v) is 79.5. The number of rotatable bonds is 31. The molecule has 0 radical (unpaired) electrons. The highest BCUT2D eigenvalue weighted by atomic mass is 16.8. The fraction of sp³-hybridized carbons (Fsp3) is 0.862. The van der Waals surface area contributed by atoms with E-state index in [1.165, 1.54) is 58.9 Å². The minimum absolute atomic E-state index is 0.00851. The highest BCUT2D eigenvalue weighted by Gasteiger charge is 2.73. The lowest BCUT2D eigenvalue weighted by Crippen LogP contribution is -2.69. The lowest BCUT2D eigenvalue weighted by atomic mass is 9.33. The lowest BCUT2D eigenvalue weighted by molar-refractivity contribution is -0.381. The van der Waals surface area contributed by atoms with Crippen LogP contribution in [0.2, 0.25) is 0 Å². The Kier molecular flexibility index (Phi) is 34.8. The standard InChI is InChI=1S/C94H148O43/c1-15-89(10,118)25-17-19-40(3)76(115)132-75-72(131-77(116)43(33-95)20-18-26-90(11,119)16-2)56(101)41(4)126-84(75)125-39-51-61(106)63(108)74(136-81-68(113)64(109)70(42(5)127-81)133-80-69(114)71(49(99)37-122-80)134-78-65(110)57(102)46(96)34-120-78)85(129-51)137-86(117)94-30-29-87(6,7)31-45(94)44-21-22-53-91(12)27-24-55(88(8,9)52(91)23-28-92(53,13)93(44,14)32-54(94)100)130-82-67(112)62(107)60(105)50(128-82)38-124-83-73(59(104)48(98)36-123-83)135-79-66(111)58(103)47(97)35-121-79/h15-16,19-21,41-42,45-75,78-85,95-114,118-119H,1-2,17-18,22-39H2,3-14H3/b40-19+,43-20+. The highest BCUT2D eigenvalue weighted by Crippen LogP contribution is 2.76. The molecule has 0 aromatic heterocycles. The molecule has 5 aliphatic carbocycles. The molecule has 43 nitrogen and oxygen atoms in total. The molecule has 8 saturated heterocycles. The molecule has 0 amide bonds. The minimum atomic E-state index is -2.28. The maximum atomic E-state index is 16.6. The molecule has 137 heavy (non-hydrogen) atoms. The number of allylic oxidation sites excluding steroid dienone is 4. The summed E-state index contributed by atoms with van der Waals surface area (Å²) in [5, 5.41) is 248. The van der Waals surface area contributed by atoms with Crippen molar-refractivity contribution in [3.8, 4) is 0 Å². The maximum Gasteiger partial charge on any atom is 0.336 e. The Bertz CT molecular complexity index is 4190. The third-order valence-corrected chi connectivity index (χ3v) is 32.4. The molecular weight excluding hydrogens is 1820 g/mol. The molecule has 0 aromatic rings. The van der Waals surface area contributed by atoms with E-state index in [-0.39, 0.29) is 61.5 Å². The Labute approximate surface area is 794 Å². The number of carbonyl (C=O) groups excluding carboxylic acids is 3. The van der Waals surface area contributed by atoms with Crippen molar-refractivity contribution in [2.45, 2.75) is 411 Å². The molecule has 0 aromatic carbocycles. The van der Waals surface area contributed by atoms with Gasteiger partial charge in [-0.05, 0) is 163 Å². The van der Waals surface area contributed by atoms with E-state index < -0.39 is 347 Å². The van der Waals surface area contributed by atoms with Crippen molar-refractivity contribution in [1.82, 2.24) is 0 Å². The first-order chi connectivity index (χ1) is 64.1. The number of aliphatic hydroxyl groups excluding tert-OH is 20. The number of ether oxygens (including phenoxy) is 18. The predicted molar refractivity (Wildman–Crippen MR) is 465 cm³/mol. The molecule has 8 aliphatic heterocycles. The average molecular weight is 1970 g/mol. The summed E-state index contributed by atoms with van der Waals surface area (Å²) in [4.78, 5) is 45.0. The lowest BCUT2D eigenvalue weighted by Gasteiger charge is -2.71. The first-order valence-corrected chi connectivity index (χ1v) is 47.7. The Morgan fingerprint density at radius 3 is 1.55 bits per heavy atom. The SMILES string of the molecule is C=CC(C)(O)CC/C=C(\C)C(=O)OC1C(OCC2OC(OC(=O)C34CCC(C)(C)CC3C3=CCC5C6(C)CCC(OC7OC(COC8OCC(O)C(O)C8OC8OCC(O)C(O)C8O)C(O)C(O)C7O)C(C)(C)C6CCC5(C)C3(C)CC4O)C(OC3OC(C)C(OC4OCC(O)C(OC5OCC(O)C(O)C5O)C4O)C(O)C3O)C(O)C2O)OC(C)C(O)C1OC(=O)/C(=C/CCC(C)(O)C=C)CO. The summed E-state index contributed by atoms with van der Waals surface area (Å²) in [6, 6.07) is 0. The number of carbonyl (C=O) groups is 3. The zero-order chi connectivity index (χ0) is 101. The smallest absolute Gasteiger partial charge is 0.336 e. The quantitative estimate of drug-likeness (QED) is 0.0104. The van der Waals surface area contributed by atoms with Crippen molar-refractivity contribution in [3.05, 3.63) is 60.3 Å². The van der Waals surface area contributed by atoms with Crippen LogP contribution in [0.3, 0.4) is 0 Å². The van der Waals surface area contributed by atoms with Crippen LogP contribution in [0.4, 0.5) is 0 Å². The number of fused-ring (bicyclic) bond motifs is 7. The summed E-state index contributed by atoms with van der Waals surface area (Å²) in [6.07, 6.45) is -54.9. The van der Waals surface area contributed by atoms with Crippen LogP contribution in [0.1, 0.15) is 167 Å². The van der Waals surface area contributed by atoms with E-state index in [4.69, 9.17) is 85.3 Å². The van der Waals surface area contributed by atoms with E-state index in [9.17, 15) is 122 Å². The third-order valence-electron chi connectivity index (χ3n) is 32.4. The predicted octanol–water partition coefficient (Wildman–Crippen LogP) is -3.75. The van der Waals surface area contributed by atoms with E-state index in [1.807, 2.05) is 0 Å². The molecule has 0 bridgehead atoms. The van der Waals surface area contributed by atoms with E-state index in [2.05, 4.69) is 67.7 Å². The van der Waals surface area contributed by atoms with Crippen molar-refractivity contribution in [2.24, 2.45) is 50.2 Å². The Morgan fingerprint density at radius 1 is 0.460 bits per heavy atom. The normalized spacial score (nSPS) is 48.3. The largest absolute Gasteiger partial charge is 0.452 e. The highest BCUT2D eigenvalue weighted by molar-refractivity contribution is 5.89. The van der Waals surface area contributed by atoms with Gasteiger partial charge in [-0.3, -0.25) is 4.79 Å². The maximum absolute atomic E-state index is 16.6. The van der Waals surface area contributed by atoms with Gasteiger partial charge in [0, 0.05) is 5.57 Å². The van der Waals surface area contributed by atoms with Gasteiger partial charge < -0.3 is 198 Å². The Morgan fingerprint density at radius 2 is 0.949 bits per heavy atom. The van der Waals surface area contributed by atoms with Crippen molar-refractivity contribution >= 4 is 17.9 Å². The van der Waals surface area contributed by atoms with Crippen LogP contribution >= 0.6 is 0 Å². The Balaban J connectivity index is 0.767.